The standard InChI is InChI=1S/C19H22N4O.ClH/c20-13-12-18(24)22-19-21-16-10-4-5-11-17(16)23(19)14-6-9-15-7-2-1-3-8-15;/h1-5,7-8,10-11H,6,9,12-14,20H2,(H,21,22,24);1H. The van der Waals surface area contributed by atoms with Gasteiger partial charge in [0.05, 0.1) is 11.0 Å². The molecule has 1 heterocycles. The SMILES string of the molecule is Cl.NCCC(=O)Nc1nc2ccccc2n1CCCc1ccccc1. The van der Waals surface area contributed by atoms with Crippen molar-refractivity contribution in [3.05, 3.63) is 60.2 Å². The summed E-state index contributed by atoms with van der Waals surface area (Å²) in [7, 11) is 0. The van der Waals surface area contributed by atoms with E-state index in [4.69, 9.17) is 5.73 Å². The van der Waals surface area contributed by atoms with E-state index in [1.807, 2.05) is 30.3 Å². The smallest absolute Gasteiger partial charge is 0.227 e. The number of carbonyl (C=O) groups is 1. The molecule has 0 saturated carbocycles. The lowest BCUT2D eigenvalue weighted by Gasteiger charge is -2.10. The van der Waals surface area contributed by atoms with Crippen LogP contribution in [0.1, 0.15) is 18.4 Å². The van der Waals surface area contributed by atoms with Crippen molar-refractivity contribution >= 4 is 35.3 Å². The Bertz CT molecular complexity index is 817. The summed E-state index contributed by atoms with van der Waals surface area (Å²) in [4.78, 5) is 16.4. The highest BCUT2D eigenvalue weighted by atomic mass is 35.5. The van der Waals surface area contributed by atoms with Crippen LogP contribution in [-0.4, -0.2) is 22.0 Å². The van der Waals surface area contributed by atoms with Gasteiger partial charge < -0.3 is 10.3 Å². The molecule has 5 nitrogen and oxygen atoms in total. The molecule has 3 rings (SSSR count). The van der Waals surface area contributed by atoms with Crippen LogP contribution in [0.2, 0.25) is 0 Å². The summed E-state index contributed by atoms with van der Waals surface area (Å²) in [5, 5.41) is 2.88. The number of anilines is 1. The number of imidazole rings is 1. The predicted octanol–water partition coefficient (Wildman–Crippen LogP) is 3.38. The van der Waals surface area contributed by atoms with E-state index in [9.17, 15) is 4.79 Å². The van der Waals surface area contributed by atoms with Crippen LogP contribution < -0.4 is 11.1 Å². The molecule has 0 radical (unpaired) electrons. The van der Waals surface area contributed by atoms with Crippen molar-refractivity contribution in [1.29, 1.82) is 0 Å². The normalized spacial score (nSPS) is 10.4. The molecule has 132 valence electrons. The lowest BCUT2D eigenvalue weighted by Crippen LogP contribution is -2.19. The number of hydrogen-bond acceptors (Lipinski definition) is 3. The molecule has 25 heavy (non-hydrogen) atoms. The summed E-state index contributed by atoms with van der Waals surface area (Å²) in [5.41, 5.74) is 8.69. The van der Waals surface area contributed by atoms with E-state index in [0.29, 0.717) is 18.9 Å². The molecule has 0 atom stereocenters. The fraction of sp³-hybridized carbons (Fsp3) is 0.263. The first-order valence-corrected chi connectivity index (χ1v) is 8.27. The lowest BCUT2D eigenvalue weighted by molar-refractivity contribution is -0.116. The Labute approximate surface area is 153 Å². The average Bonchev–Trinajstić information content (AvgIpc) is 2.93. The topological polar surface area (TPSA) is 72.9 Å². The number of aryl methyl sites for hydroxylation is 2. The van der Waals surface area contributed by atoms with Crippen LogP contribution in [0.3, 0.4) is 0 Å². The first-order chi connectivity index (χ1) is 11.8. The van der Waals surface area contributed by atoms with E-state index < -0.39 is 0 Å². The van der Waals surface area contributed by atoms with Crippen molar-refractivity contribution in [1.82, 2.24) is 9.55 Å². The van der Waals surface area contributed by atoms with Gasteiger partial charge in [-0.2, -0.15) is 0 Å². The molecule has 3 N–H and O–H groups in total. The number of benzene rings is 2. The van der Waals surface area contributed by atoms with Crippen LogP contribution in [0.4, 0.5) is 5.95 Å². The maximum absolute atomic E-state index is 11.9. The van der Waals surface area contributed by atoms with Crippen molar-refractivity contribution in [2.75, 3.05) is 11.9 Å². The monoisotopic (exact) mass is 358 g/mol. The second-order valence-electron chi connectivity index (χ2n) is 5.75. The maximum Gasteiger partial charge on any atom is 0.227 e. The van der Waals surface area contributed by atoms with Gasteiger partial charge >= 0.3 is 0 Å². The Hall–Kier alpha value is -2.37. The molecule has 0 unspecified atom stereocenters. The maximum atomic E-state index is 11.9. The van der Waals surface area contributed by atoms with E-state index in [1.54, 1.807) is 0 Å². The van der Waals surface area contributed by atoms with E-state index in [-0.39, 0.29) is 18.3 Å². The van der Waals surface area contributed by atoms with Crippen LogP contribution in [0, 0.1) is 0 Å². The molecule has 3 aromatic rings. The highest BCUT2D eigenvalue weighted by Gasteiger charge is 2.12. The molecule has 0 bridgehead atoms. The summed E-state index contributed by atoms with van der Waals surface area (Å²) >= 11 is 0. The van der Waals surface area contributed by atoms with Crippen molar-refractivity contribution in [2.45, 2.75) is 25.8 Å². The molecule has 0 spiro atoms. The lowest BCUT2D eigenvalue weighted by atomic mass is 10.1. The number of carbonyl (C=O) groups excluding carboxylic acids is 1. The minimum Gasteiger partial charge on any atom is -0.330 e. The molecule has 1 aromatic heterocycles. The minimum atomic E-state index is -0.0999. The second kappa shape index (κ2) is 9.20. The third-order valence-electron chi connectivity index (χ3n) is 3.97. The summed E-state index contributed by atoms with van der Waals surface area (Å²) in [6.07, 6.45) is 2.26. The van der Waals surface area contributed by atoms with E-state index in [0.717, 1.165) is 30.4 Å². The van der Waals surface area contributed by atoms with Crippen molar-refractivity contribution in [3.8, 4) is 0 Å². The number of fused-ring (bicyclic) bond motifs is 1. The molecule has 1 amide bonds. The first-order valence-electron chi connectivity index (χ1n) is 8.27. The molecule has 0 saturated heterocycles. The molecule has 2 aromatic carbocycles. The van der Waals surface area contributed by atoms with Gasteiger partial charge in [0, 0.05) is 19.5 Å². The van der Waals surface area contributed by atoms with E-state index in [2.05, 4.69) is 39.1 Å². The van der Waals surface area contributed by atoms with Gasteiger partial charge in [0.1, 0.15) is 0 Å². The number of halogens is 1. The van der Waals surface area contributed by atoms with Crippen LogP contribution in [0.25, 0.3) is 11.0 Å². The molecule has 0 aliphatic rings. The Kier molecular flexibility index (Phi) is 6.98. The number of nitrogens with two attached hydrogens (primary N) is 1. The van der Waals surface area contributed by atoms with Gasteiger partial charge in [0.2, 0.25) is 11.9 Å². The zero-order chi connectivity index (χ0) is 16.8. The summed E-state index contributed by atoms with van der Waals surface area (Å²) in [5.74, 6) is 0.500. The largest absolute Gasteiger partial charge is 0.330 e. The van der Waals surface area contributed by atoms with Crippen LogP contribution in [0.5, 0.6) is 0 Å². The van der Waals surface area contributed by atoms with Gasteiger partial charge in [0.25, 0.3) is 0 Å². The van der Waals surface area contributed by atoms with Gasteiger partial charge in [0.15, 0.2) is 0 Å². The van der Waals surface area contributed by atoms with Gasteiger partial charge in [-0.3, -0.25) is 10.1 Å². The second-order valence-corrected chi connectivity index (χ2v) is 5.75. The molecular formula is C19H23ClN4O. The molecule has 0 aliphatic heterocycles. The minimum absolute atomic E-state index is 0. The Morgan fingerprint density at radius 1 is 1.08 bits per heavy atom. The number of nitrogens with one attached hydrogen (secondary N) is 1. The van der Waals surface area contributed by atoms with Crippen molar-refractivity contribution in [2.24, 2.45) is 5.73 Å². The quantitative estimate of drug-likeness (QED) is 0.680. The molecular weight excluding hydrogens is 336 g/mol. The first kappa shape index (κ1) is 19.0. The number of para-hydroxylation sites is 2. The van der Waals surface area contributed by atoms with Crippen LogP contribution >= 0.6 is 12.4 Å². The van der Waals surface area contributed by atoms with Gasteiger partial charge in [-0.15, -0.1) is 12.4 Å². The number of aromatic nitrogens is 2. The van der Waals surface area contributed by atoms with Gasteiger partial charge in [-0.25, -0.2) is 4.98 Å². The number of amides is 1. The fourth-order valence-corrected chi connectivity index (χ4v) is 2.80. The Balaban J connectivity index is 0.00000225. The Morgan fingerprint density at radius 2 is 1.80 bits per heavy atom. The number of nitrogens with zero attached hydrogens (tertiary/aromatic N) is 2. The third-order valence-corrected chi connectivity index (χ3v) is 3.97. The summed E-state index contributed by atoms with van der Waals surface area (Å²) in [6.45, 7) is 1.13. The molecule has 0 aliphatic carbocycles. The van der Waals surface area contributed by atoms with Crippen molar-refractivity contribution in [3.63, 3.8) is 0 Å². The summed E-state index contributed by atoms with van der Waals surface area (Å²) < 4.78 is 2.08. The fourth-order valence-electron chi connectivity index (χ4n) is 2.80. The van der Waals surface area contributed by atoms with E-state index >= 15 is 0 Å². The highest BCUT2D eigenvalue weighted by Crippen LogP contribution is 2.20. The van der Waals surface area contributed by atoms with Gasteiger partial charge in [-0.05, 0) is 30.5 Å². The molecule has 0 fully saturated rings. The van der Waals surface area contributed by atoms with E-state index in [1.165, 1.54) is 5.56 Å². The zero-order valence-electron chi connectivity index (χ0n) is 14.0. The zero-order valence-corrected chi connectivity index (χ0v) is 14.8. The predicted molar refractivity (Wildman–Crippen MR) is 104 cm³/mol. The highest BCUT2D eigenvalue weighted by molar-refractivity contribution is 5.91. The number of hydrogen-bond donors (Lipinski definition) is 2. The van der Waals surface area contributed by atoms with Gasteiger partial charge in [-0.1, -0.05) is 42.5 Å². The van der Waals surface area contributed by atoms with Crippen molar-refractivity contribution < 1.29 is 4.79 Å². The third kappa shape index (κ3) is 4.81. The van der Waals surface area contributed by atoms with Crippen LogP contribution in [-0.2, 0) is 17.8 Å². The van der Waals surface area contributed by atoms with Crippen LogP contribution in [0.15, 0.2) is 54.6 Å². The molecule has 6 heteroatoms. The Morgan fingerprint density at radius 3 is 2.56 bits per heavy atom. The average molecular weight is 359 g/mol. The summed E-state index contributed by atoms with van der Waals surface area (Å²) in [6, 6.07) is 18.3. The number of rotatable bonds is 7.